The summed E-state index contributed by atoms with van der Waals surface area (Å²) in [5.41, 5.74) is 0.609. The summed E-state index contributed by atoms with van der Waals surface area (Å²) in [6.45, 7) is 1.98. The van der Waals surface area contributed by atoms with Crippen molar-refractivity contribution in [3.05, 3.63) is 35.6 Å². The molecule has 104 valence electrons. The highest BCUT2D eigenvalue weighted by molar-refractivity contribution is 5.82. The van der Waals surface area contributed by atoms with Gasteiger partial charge in [0.05, 0.1) is 0 Å². The standard InChI is InChI=1S/C13H17FN2O3/c1-2-4-11(12(17)18)16-13(19)15-8-9-5-3-6-10(14)7-9/h3,5-7,11H,2,4,8H2,1H3,(H,17,18)(H2,15,16,19)/t11-/m0/s1. The van der Waals surface area contributed by atoms with Gasteiger partial charge in [-0.05, 0) is 24.1 Å². The maximum atomic E-state index is 12.9. The van der Waals surface area contributed by atoms with Crippen LogP contribution < -0.4 is 10.6 Å². The lowest BCUT2D eigenvalue weighted by molar-refractivity contribution is -0.139. The van der Waals surface area contributed by atoms with Gasteiger partial charge in [-0.25, -0.2) is 14.0 Å². The highest BCUT2D eigenvalue weighted by Gasteiger charge is 2.18. The number of halogens is 1. The molecule has 1 rings (SSSR count). The number of aliphatic carboxylic acids is 1. The molecule has 6 heteroatoms. The van der Waals surface area contributed by atoms with E-state index >= 15 is 0 Å². The van der Waals surface area contributed by atoms with Crippen LogP contribution in [0.4, 0.5) is 9.18 Å². The highest BCUT2D eigenvalue weighted by atomic mass is 19.1. The quantitative estimate of drug-likeness (QED) is 0.737. The first kappa shape index (κ1) is 14.9. The second kappa shape index (κ2) is 7.35. The molecule has 0 aliphatic rings. The molecular formula is C13H17FN2O3. The smallest absolute Gasteiger partial charge is 0.326 e. The topological polar surface area (TPSA) is 78.4 Å². The van der Waals surface area contributed by atoms with E-state index in [1.807, 2.05) is 6.92 Å². The third-order valence-electron chi connectivity index (χ3n) is 2.52. The average molecular weight is 268 g/mol. The fourth-order valence-electron chi connectivity index (χ4n) is 1.58. The van der Waals surface area contributed by atoms with E-state index in [4.69, 9.17) is 5.11 Å². The molecule has 0 aromatic heterocycles. The number of hydrogen-bond donors (Lipinski definition) is 3. The predicted octanol–water partition coefficient (Wildman–Crippen LogP) is 1.88. The molecule has 0 heterocycles. The Morgan fingerprint density at radius 3 is 2.74 bits per heavy atom. The molecule has 19 heavy (non-hydrogen) atoms. The lowest BCUT2D eigenvalue weighted by atomic mass is 10.2. The van der Waals surface area contributed by atoms with Gasteiger partial charge in [0.25, 0.3) is 0 Å². The van der Waals surface area contributed by atoms with Crippen LogP contribution in [0.15, 0.2) is 24.3 Å². The number of carboxylic acid groups (broad SMARTS) is 1. The third kappa shape index (κ3) is 5.37. The first-order chi connectivity index (χ1) is 9.02. The summed E-state index contributed by atoms with van der Waals surface area (Å²) in [5, 5.41) is 13.7. The zero-order valence-corrected chi connectivity index (χ0v) is 10.6. The Bertz CT molecular complexity index is 451. The van der Waals surface area contributed by atoms with E-state index in [-0.39, 0.29) is 12.4 Å². The van der Waals surface area contributed by atoms with Crippen molar-refractivity contribution in [1.82, 2.24) is 10.6 Å². The van der Waals surface area contributed by atoms with Gasteiger partial charge < -0.3 is 15.7 Å². The Balaban J connectivity index is 2.44. The minimum atomic E-state index is -1.07. The molecule has 0 unspecified atom stereocenters. The van der Waals surface area contributed by atoms with E-state index in [0.717, 1.165) is 0 Å². The van der Waals surface area contributed by atoms with Crippen molar-refractivity contribution < 1.29 is 19.1 Å². The molecule has 1 atom stereocenters. The highest BCUT2D eigenvalue weighted by Crippen LogP contribution is 2.03. The van der Waals surface area contributed by atoms with Crippen LogP contribution >= 0.6 is 0 Å². The molecule has 0 spiro atoms. The minimum absolute atomic E-state index is 0.141. The van der Waals surface area contributed by atoms with Crippen LogP contribution in [0.3, 0.4) is 0 Å². The summed E-state index contributed by atoms with van der Waals surface area (Å²) >= 11 is 0. The number of urea groups is 1. The summed E-state index contributed by atoms with van der Waals surface area (Å²) < 4.78 is 12.9. The molecule has 0 aliphatic carbocycles. The van der Waals surface area contributed by atoms with Crippen LogP contribution in [0.25, 0.3) is 0 Å². The van der Waals surface area contributed by atoms with Crippen molar-refractivity contribution >= 4 is 12.0 Å². The summed E-state index contributed by atoms with van der Waals surface area (Å²) in [5.74, 6) is -1.45. The molecule has 0 aliphatic heterocycles. The van der Waals surface area contributed by atoms with Gasteiger partial charge in [-0.2, -0.15) is 0 Å². The first-order valence-corrected chi connectivity index (χ1v) is 6.04. The fourth-order valence-corrected chi connectivity index (χ4v) is 1.58. The van der Waals surface area contributed by atoms with Crippen LogP contribution in [-0.2, 0) is 11.3 Å². The summed E-state index contributed by atoms with van der Waals surface area (Å²) in [7, 11) is 0. The van der Waals surface area contributed by atoms with E-state index in [1.165, 1.54) is 12.1 Å². The van der Waals surface area contributed by atoms with Gasteiger partial charge in [0.2, 0.25) is 0 Å². The third-order valence-corrected chi connectivity index (χ3v) is 2.52. The molecular weight excluding hydrogens is 251 g/mol. The Morgan fingerprint density at radius 2 is 2.16 bits per heavy atom. The first-order valence-electron chi connectivity index (χ1n) is 6.04. The lowest BCUT2D eigenvalue weighted by Gasteiger charge is -2.14. The number of carboxylic acids is 1. The van der Waals surface area contributed by atoms with Gasteiger partial charge in [-0.3, -0.25) is 0 Å². The van der Waals surface area contributed by atoms with Gasteiger partial charge in [0, 0.05) is 6.54 Å². The van der Waals surface area contributed by atoms with Gasteiger partial charge in [0.15, 0.2) is 0 Å². The number of nitrogens with one attached hydrogen (secondary N) is 2. The Kier molecular flexibility index (Phi) is 5.78. The van der Waals surface area contributed by atoms with E-state index in [0.29, 0.717) is 18.4 Å². The van der Waals surface area contributed by atoms with Crippen molar-refractivity contribution in [2.45, 2.75) is 32.4 Å². The number of amides is 2. The van der Waals surface area contributed by atoms with E-state index < -0.39 is 18.0 Å². The molecule has 0 bridgehead atoms. The molecule has 1 aromatic rings. The molecule has 5 nitrogen and oxygen atoms in total. The summed E-state index contributed by atoms with van der Waals surface area (Å²) in [4.78, 5) is 22.4. The van der Waals surface area contributed by atoms with Crippen LogP contribution in [0.2, 0.25) is 0 Å². The number of carbonyl (C=O) groups excluding carboxylic acids is 1. The predicted molar refractivity (Wildman–Crippen MR) is 68.1 cm³/mol. The van der Waals surface area contributed by atoms with E-state index in [2.05, 4.69) is 10.6 Å². The molecule has 0 radical (unpaired) electrons. The fraction of sp³-hybridized carbons (Fsp3) is 0.385. The Labute approximate surface area is 110 Å². The molecule has 3 N–H and O–H groups in total. The van der Waals surface area contributed by atoms with Crippen molar-refractivity contribution in [2.24, 2.45) is 0 Å². The maximum absolute atomic E-state index is 12.9. The van der Waals surface area contributed by atoms with Crippen molar-refractivity contribution in [2.75, 3.05) is 0 Å². The largest absolute Gasteiger partial charge is 0.480 e. The summed E-state index contributed by atoms with van der Waals surface area (Å²) in [6.07, 6.45) is 1.02. The minimum Gasteiger partial charge on any atom is -0.480 e. The zero-order valence-electron chi connectivity index (χ0n) is 10.6. The van der Waals surface area contributed by atoms with Crippen molar-refractivity contribution in [3.8, 4) is 0 Å². The van der Waals surface area contributed by atoms with Gasteiger partial charge in [-0.15, -0.1) is 0 Å². The Morgan fingerprint density at radius 1 is 1.42 bits per heavy atom. The molecule has 0 fully saturated rings. The second-order valence-electron chi connectivity index (χ2n) is 4.14. The molecule has 0 saturated heterocycles. The number of benzene rings is 1. The number of hydrogen-bond acceptors (Lipinski definition) is 2. The molecule has 1 aromatic carbocycles. The summed E-state index contributed by atoms with van der Waals surface area (Å²) in [6, 6.07) is 4.35. The monoisotopic (exact) mass is 268 g/mol. The lowest BCUT2D eigenvalue weighted by Crippen LogP contribution is -2.45. The average Bonchev–Trinajstić information content (AvgIpc) is 2.36. The SMILES string of the molecule is CCC[C@H](NC(=O)NCc1cccc(F)c1)C(=O)O. The second-order valence-corrected chi connectivity index (χ2v) is 4.14. The number of carbonyl (C=O) groups is 2. The van der Waals surface area contributed by atoms with E-state index in [1.54, 1.807) is 12.1 Å². The maximum Gasteiger partial charge on any atom is 0.326 e. The van der Waals surface area contributed by atoms with Gasteiger partial charge in [0.1, 0.15) is 11.9 Å². The van der Waals surface area contributed by atoms with Gasteiger partial charge >= 0.3 is 12.0 Å². The molecule has 2 amide bonds. The molecule has 0 saturated carbocycles. The van der Waals surface area contributed by atoms with Crippen LogP contribution in [-0.4, -0.2) is 23.1 Å². The Hall–Kier alpha value is -2.11. The van der Waals surface area contributed by atoms with Crippen molar-refractivity contribution in [3.63, 3.8) is 0 Å². The van der Waals surface area contributed by atoms with Gasteiger partial charge in [-0.1, -0.05) is 25.5 Å². The van der Waals surface area contributed by atoms with Crippen LogP contribution in [0, 0.1) is 5.82 Å². The van der Waals surface area contributed by atoms with Crippen LogP contribution in [0.1, 0.15) is 25.3 Å². The zero-order chi connectivity index (χ0) is 14.3. The normalized spacial score (nSPS) is 11.7. The van der Waals surface area contributed by atoms with Crippen molar-refractivity contribution in [1.29, 1.82) is 0 Å². The number of rotatable bonds is 6. The van der Waals surface area contributed by atoms with Crippen LogP contribution in [0.5, 0.6) is 0 Å². The van der Waals surface area contributed by atoms with E-state index in [9.17, 15) is 14.0 Å².